The number of ether oxygens (including phenoxy) is 1. The average Bonchev–Trinajstić information content (AvgIpc) is 2.88. The first-order chi connectivity index (χ1) is 12.6. The van der Waals surface area contributed by atoms with Crippen molar-refractivity contribution in [1.82, 2.24) is 9.80 Å². The highest BCUT2D eigenvalue weighted by molar-refractivity contribution is 6.35. The molecule has 0 aromatic heterocycles. The largest absolute Gasteiger partial charge is 0.494 e. The van der Waals surface area contributed by atoms with E-state index in [0.29, 0.717) is 23.8 Å². The fourth-order valence-electron chi connectivity index (χ4n) is 3.69. The molecule has 1 unspecified atom stereocenters. The van der Waals surface area contributed by atoms with E-state index in [-0.39, 0.29) is 18.4 Å². The Morgan fingerprint density at radius 2 is 1.96 bits per heavy atom. The molecule has 0 radical (unpaired) electrons. The van der Waals surface area contributed by atoms with Crippen molar-refractivity contribution in [2.75, 3.05) is 26.2 Å². The maximum absolute atomic E-state index is 13.0. The van der Waals surface area contributed by atoms with E-state index in [1.165, 1.54) is 4.90 Å². The minimum Gasteiger partial charge on any atom is -0.494 e. The van der Waals surface area contributed by atoms with E-state index in [1.54, 1.807) is 6.08 Å². The molecule has 0 saturated carbocycles. The molecule has 26 heavy (non-hydrogen) atoms. The number of hydrogen-bond acceptors (Lipinski definition) is 4. The first-order valence-corrected chi connectivity index (χ1v) is 9.26. The van der Waals surface area contributed by atoms with Gasteiger partial charge in [-0.25, -0.2) is 0 Å². The molecule has 2 heterocycles. The smallest absolute Gasteiger partial charge is 0.278 e. The van der Waals surface area contributed by atoms with Crippen LogP contribution < -0.4 is 4.74 Å². The molecule has 0 bridgehead atoms. The summed E-state index contributed by atoms with van der Waals surface area (Å²) in [5.41, 5.74) is 1.79. The van der Waals surface area contributed by atoms with Gasteiger partial charge in [0.15, 0.2) is 0 Å². The van der Waals surface area contributed by atoms with E-state index in [4.69, 9.17) is 4.74 Å². The van der Waals surface area contributed by atoms with Crippen molar-refractivity contribution >= 4 is 17.4 Å². The van der Waals surface area contributed by atoms with Crippen LogP contribution in [0, 0.1) is 5.92 Å². The molecule has 5 heteroatoms. The molecule has 1 saturated heterocycles. The van der Waals surface area contributed by atoms with Gasteiger partial charge in [0.25, 0.3) is 11.8 Å². The first kappa shape index (κ1) is 18.2. The third kappa shape index (κ3) is 3.39. The van der Waals surface area contributed by atoms with Crippen LogP contribution in [0.15, 0.2) is 42.6 Å². The van der Waals surface area contributed by atoms with Crippen LogP contribution in [-0.2, 0) is 9.59 Å². The van der Waals surface area contributed by atoms with E-state index in [2.05, 4.69) is 18.4 Å². The standard InChI is InChI=1S/C21H26N2O3/c1-4-12-23-20(24)18(16-8-10-17(11-9-16)26-5-2)19(21(23)25)22-13-6-7-15(3)14-22/h4,8-11,15H,1,5-7,12-14H2,2-3H3. The first-order valence-electron chi connectivity index (χ1n) is 9.26. The summed E-state index contributed by atoms with van der Waals surface area (Å²) in [6.07, 6.45) is 3.78. The van der Waals surface area contributed by atoms with Gasteiger partial charge in [-0.05, 0) is 43.4 Å². The summed E-state index contributed by atoms with van der Waals surface area (Å²) in [6, 6.07) is 7.40. The molecule has 138 valence electrons. The molecule has 1 atom stereocenters. The van der Waals surface area contributed by atoms with Crippen LogP contribution in [0.2, 0.25) is 0 Å². The lowest BCUT2D eigenvalue weighted by molar-refractivity contribution is -0.137. The molecule has 0 spiro atoms. The second kappa shape index (κ2) is 7.77. The highest BCUT2D eigenvalue weighted by Crippen LogP contribution is 2.34. The van der Waals surface area contributed by atoms with E-state index in [1.807, 2.05) is 31.2 Å². The quantitative estimate of drug-likeness (QED) is 0.582. The molecular weight excluding hydrogens is 328 g/mol. The normalized spacial score (nSPS) is 20.8. The maximum Gasteiger partial charge on any atom is 0.278 e. The number of rotatable bonds is 6. The highest BCUT2D eigenvalue weighted by Gasteiger charge is 2.41. The van der Waals surface area contributed by atoms with E-state index in [9.17, 15) is 9.59 Å². The van der Waals surface area contributed by atoms with Crippen molar-refractivity contribution < 1.29 is 14.3 Å². The Morgan fingerprint density at radius 1 is 1.23 bits per heavy atom. The fourth-order valence-corrected chi connectivity index (χ4v) is 3.69. The lowest BCUT2D eigenvalue weighted by Gasteiger charge is -2.33. The zero-order chi connectivity index (χ0) is 18.7. The Kier molecular flexibility index (Phi) is 5.45. The summed E-state index contributed by atoms with van der Waals surface area (Å²) in [5.74, 6) is 0.805. The van der Waals surface area contributed by atoms with Gasteiger partial charge < -0.3 is 9.64 Å². The van der Waals surface area contributed by atoms with Crippen LogP contribution in [0.25, 0.3) is 5.57 Å². The number of carbonyl (C=O) groups is 2. The summed E-state index contributed by atoms with van der Waals surface area (Å²) in [4.78, 5) is 29.4. The monoisotopic (exact) mass is 354 g/mol. The summed E-state index contributed by atoms with van der Waals surface area (Å²) < 4.78 is 5.49. The number of piperidine rings is 1. The van der Waals surface area contributed by atoms with Gasteiger partial charge in [-0.15, -0.1) is 6.58 Å². The summed E-state index contributed by atoms with van der Waals surface area (Å²) in [6.45, 7) is 10.2. The van der Waals surface area contributed by atoms with Crippen molar-refractivity contribution in [3.63, 3.8) is 0 Å². The Hall–Kier alpha value is -2.56. The van der Waals surface area contributed by atoms with Crippen LogP contribution >= 0.6 is 0 Å². The number of hydrogen-bond donors (Lipinski definition) is 0. The summed E-state index contributed by atoms with van der Waals surface area (Å²) >= 11 is 0. The van der Waals surface area contributed by atoms with Crippen LogP contribution in [0.4, 0.5) is 0 Å². The Bertz CT molecular complexity index is 736. The highest BCUT2D eigenvalue weighted by atomic mass is 16.5. The van der Waals surface area contributed by atoms with Crippen molar-refractivity contribution in [2.24, 2.45) is 5.92 Å². The summed E-state index contributed by atoms with van der Waals surface area (Å²) in [7, 11) is 0. The molecule has 2 aliphatic heterocycles. The molecule has 1 fully saturated rings. The second-order valence-corrected chi connectivity index (χ2v) is 6.88. The van der Waals surface area contributed by atoms with Gasteiger partial charge >= 0.3 is 0 Å². The second-order valence-electron chi connectivity index (χ2n) is 6.88. The van der Waals surface area contributed by atoms with Gasteiger partial charge in [-0.1, -0.05) is 25.1 Å². The predicted octanol–water partition coefficient (Wildman–Crippen LogP) is 3.08. The van der Waals surface area contributed by atoms with Gasteiger partial charge in [0.1, 0.15) is 11.4 Å². The zero-order valence-electron chi connectivity index (χ0n) is 15.5. The Balaban J connectivity index is 2.03. The number of imide groups is 1. The fraction of sp³-hybridized carbons (Fsp3) is 0.429. The number of likely N-dealkylation sites (tertiary alicyclic amines) is 1. The third-order valence-corrected chi connectivity index (χ3v) is 4.88. The maximum atomic E-state index is 13.0. The Morgan fingerprint density at radius 3 is 2.58 bits per heavy atom. The van der Waals surface area contributed by atoms with Gasteiger partial charge in [-0.3, -0.25) is 14.5 Å². The van der Waals surface area contributed by atoms with E-state index < -0.39 is 0 Å². The molecule has 1 aromatic carbocycles. The molecule has 0 aliphatic carbocycles. The molecule has 2 aliphatic rings. The zero-order valence-corrected chi connectivity index (χ0v) is 15.5. The van der Waals surface area contributed by atoms with Gasteiger partial charge in [0.2, 0.25) is 0 Å². The van der Waals surface area contributed by atoms with Gasteiger partial charge in [-0.2, -0.15) is 0 Å². The van der Waals surface area contributed by atoms with E-state index >= 15 is 0 Å². The lowest BCUT2D eigenvalue weighted by Crippen LogP contribution is -2.39. The molecule has 5 nitrogen and oxygen atoms in total. The number of carbonyl (C=O) groups excluding carboxylic acids is 2. The molecule has 2 amide bonds. The molecular formula is C21H26N2O3. The van der Waals surface area contributed by atoms with Gasteiger partial charge in [0, 0.05) is 19.6 Å². The number of benzene rings is 1. The van der Waals surface area contributed by atoms with Crippen molar-refractivity contribution in [2.45, 2.75) is 26.7 Å². The van der Waals surface area contributed by atoms with E-state index in [0.717, 1.165) is 37.2 Å². The summed E-state index contributed by atoms with van der Waals surface area (Å²) in [5, 5.41) is 0. The lowest BCUT2D eigenvalue weighted by atomic mass is 9.97. The minimum atomic E-state index is -0.243. The van der Waals surface area contributed by atoms with Crippen molar-refractivity contribution in [1.29, 1.82) is 0 Å². The molecule has 1 aromatic rings. The third-order valence-electron chi connectivity index (χ3n) is 4.88. The average molecular weight is 354 g/mol. The topological polar surface area (TPSA) is 49.9 Å². The van der Waals surface area contributed by atoms with Crippen molar-refractivity contribution in [3.8, 4) is 5.75 Å². The van der Waals surface area contributed by atoms with Crippen LogP contribution in [0.3, 0.4) is 0 Å². The molecule has 3 rings (SSSR count). The van der Waals surface area contributed by atoms with Gasteiger partial charge in [0.05, 0.1) is 12.2 Å². The van der Waals surface area contributed by atoms with Crippen LogP contribution in [0.1, 0.15) is 32.3 Å². The molecule has 0 N–H and O–H groups in total. The van der Waals surface area contributed by atoms with Crippen LogP contribution in [-0.4, -0.2) is 47.9 Å². The van der Waals surface area contributed by atoms with Crippen molar-refractivity contribution in [3.05, 3.63) is 48.2 Å². The van der Waals surface area contributed by atoms with Crippen LogP contribution in [0.5, 0.6) is 5.75 Å². The number of amides is 2. The SMILES string of the molecule is C=CCN1C(=O)C(c2ccc(OCC)cc2)=C(N2CCCC(C)C2)C1=O. The Labute approximate surface area is 154 Å². The minimum absolute atomic E-state index is 0.215. The number of nitrogens with zero attached hydrogens (tertiary/aromatic N) is 2. The predicted molar refractivity (Wildman–Crippen MR) is 101 cm³/mol.